The van der Waals surface area contributed by atoms with Crippen LogP contribution in [0, 0.1) is 0 Å². The smallest absolute Gasteiger partial charge is 0.412 e. The third-order valence-electron chi connectivity index (χ3n) is 3.27. The Morgan fingerprint density at radius 2 is 1.86 bits per heavy atom. The van der Waals surface area contributed by atoms with E-state index in [1.165, 1.54) is 0 Å². The maximum atomic E-state index is 11.8. The van der Waals surface area contributed by atoms with Crippen molar-refractivity contribution in [1.82, 2.24) is 0 Å². The summed E-state index contributed by atoms with van der Waals surface area (Å²) in [6, 6.07) is 7.90. The summed E-state index contributed by atoms with van der Waals surface area (Å²) in [5.41, 5.74) is 1.13. The molecule has 1 aliphatic heterocycles. The van der Waals surface area contributed by atoms with Gasteiger partial charge in [0.2, 0.25) is 0 Å². The van der Waals surface area contributed by atoms with Gasteiger partial charge < -0.3 is 10.1 Å². The van der Waals surface area contributed by atoms with Crippen LogP contribution in [0.25, 0.3) is 0 Å². The average Bonchev–Trinajstić information content (AvgIpc) is 2.39. The minimum Gasteiger partial charge on any atom is -0.444 e. The topological polar surface area (TPSA) is 67.4 Å². The second-order valence-corrected chi connectivity index (χ2v) is 8.17. The molecular formula is C16H24N2O3S. The molecule has 1 aliphatic rings. The van der Waals surface area contributed by atoms with Crippen LogP contribution in [0.4, 0.5) is 16.2 Å². The molecule has 0 radical (unpaired) electrons. The second kappa shape index (κ2) is 7.13. The molecule has 0 spiro atoms. The van der Waals surface area contributed by atoms with E-state index in [1.807, 2.05) is 45.0 Å². The SMILES string of the molecule is CC(C)(C)OC(=O)Nc1cccc(NC2CCS(=O)CC2)c1. The van der Waals surface area contributed by atoms with E-state index in [0.29, 0.717) is 11.7 Å². The van der Waals surface area contributed by atoms with Gasteiger partial charge in [-0.05, 0) is 51.8 Å². The van der Waals surface area contributed by atoms with Crippen LogP contribution in [0.15, 0.2) is 24.3 Å². The van der Waals surface area contributed by atoms with E-state index in [2.05, 4.69) is 10.6 Å². The molecule has 122 valence electrons. The first-order chi connectivity index (χ1) is 10.3. The molecule has 1 saturated heterocycles. The van der Waals surface area contributed by atoms with Crippen LogP contribution in [0.5, 0.6) is 0 Å². The summed E-state index contributed by atoms with van der Waals surface area (Å²) in [6.45, 7) is 5.49. The minimum atomic E-state index is -0.654. The Bertz CT molecular complexity index is 545. The lowest BCUT2D eigenvalue weighted by Crippen LogP contribution is -2.29. The van der Waals surface area contributed by atoms with Crippen LogP contribution in [-0.2, 0) is 15.5 Å². The van der Waals surface area contributed by atoms with Crippen molar-refractivity contribution >= 4 is 28.3 Å². The zero-order valence-corrected chi connectivity index (χ0v) is 14.2. The molecule has 5 nitrogen and oxygen atoms in total. The summed E-state index contributed by atoms with van der Waals surface area (Å²) in [6.07, 6.45) is 1.37. The van der Waals surface area contributed by atoms with Crippen LogP contribution >= 0.6 is 0 Å². The Labute approximate surface area is 134 Å². The van der Waals surface area contributed by atoms with E-state index in [9.17, 15) is 9.00 Å². The van der Waals surface area contributed by atoms with Gasteiger partial charge >= 0.3 is 6.09 Å². The van der Waals surface area contributed by atoms with Crippen molar-refractivity contribution in [3.8, 4) is 0 Å². The molecule has 0 bridgehead atoms. The van der Waals surface area contributed by atoms with E-state index >= 15 is 0 Å². The number of hydrogen-bond donors (Lipinski definition) is 2. The van der Waals surface area contributed by atoms with Gasteiger partial charge in [0.1, 0.15) is 5.60 Å². The van der Waals surface area contributed by atoms with Crippen LogP contribution in [0.2, 0.25) is 0 Å². The van der Waals surface area contributed by atoms with Crippen molar-refractivity contribution in [2.75, 3.05) is 22.1 Å². The van der Waals surface area contributed by atoms with Gasteiger partial charge in [0.15, 0.2) is 0 Å². The van der Waals surface area contributed by atoms with Gasteiger partial charge in [0.25, 0.3) is 0 Å². The number of amides is 1. The maximum absolute atomic E-state index is 11.8. The molecule has 2 rings (SSSR count). The number of carbonyl (C=O) groups is 1. The molecule has 0 aromatic heterocycles. The number of anilines is 2. The highest BCUT2D eigenvalue weighted by Crippen LogP contribution is 2.20. The summed E-state index contributed by atoms with van der Waals surface area (Å²) in [5, 5.41) is 6.17. The summed E-state index contributed by atoms with van der Waals surface area (Å²) in [4.78, 5) is 11.8. The van der Waals surface area contributed by atoms with Gasteiger partial charge in [-0.1, -0.05) is 6.07 Å². The lowest BCUT2D eigenvalue weighted by atomic mass is 10.1. The van der Waals surface area contributed by atoms with Gasteiger partial charge in [-0.2, -0.15) is 0 Å². The molecule has 1 fully saturated rings. The first-order valence-electron chi connectivity index (χ1n) is 7.53. The average molecular weight is 324 g/mol. The molecular weight excluding hydrogens is 300 g/mol. The third kappa shape index (κ3) is 5.67. The van der Waals surface area contributed by atoms with Gasteiger partial charge in [-0.15, -0.1) is 0 Å². The first-order valence-corrected chi connectivity index (χ1v) is 9.02. The van der Waals surface area contributed by atoms with E-state index in [-0.39, 0.29) is 0 Å². The third-order valence-corrected chi connectivity index (χ3v) is 4.65. The van der Waals surface area contributed by atoms with Gasteiger partial charge in [-0.25, -0.2) is 4.79 Å². The predicted octanol–water partition coefficient (Wildman–Crippen LogP) is 3.36. The van der Waals surface area contributed by atoms with Crippen molar-refractivity contribution in [2.45, 2.75) is 45.3 Å². The van der Waals surface area contributed by atoms with Crippen molar-refractivity contribution in [1.29, 1.82) is 0 Å². The first kappa shape index (κ1) is 16.8. The summed E-state index contributed by atoms with van der Waals surface area (Å²) in [7, 11) is -0.654. The molecule has 1 aromatic carbocycles. The van der Waals surface area contributed by atoms with Gasteiger partial charge in [-0.3, -0.25) is 9.53 Å². The highest BCUT2D eigenvalue weighted by molar-refractivity contribution is 7.85. The molecule has 0 unspecified atom stereocenters. The lowest BCUT2D eigenvalue weighted by Gasteiger charge is -2.24. The summed E-state index contributed by atoms with van der Waals surface area (Å²) in [5.74, 6) is 1.51. The highest BCUT2D eigenvalue weighted by atomic mass is 32.2. The minimum absolute atomic E-state index is 0.342. The Kier molecular flexibility index (Phi) is 5.45. The molecule has 0 atom stereocenters. The van der Waals surface area contributed by atoms with E-state index in [0.717, 1.165) is 30.0 Å². The molecule has 0 aliphatic carbocycles. The Hall–Kier alpha value is -1.56. The van der Waals surface area contributed by atoms with Crippen molar-refractivity contribution in [3.63, 3.8) is 0 Å². The Balaban J connectivity index is 1.92. The Morgan fingerprint density at radius 1 is 1.23 bits per heavy atom. The predicted molar refractivity (Wildman–Crippen MR) is 90.8 cm³/mol. The summed E-state index contributed by atoms with van der Waals surface area (Å²) >= 11 is 0. The lowest BCUT2D eigenvalue weighted by molar-refractivity contribution is 0.0636. The number of hydrogen-bond acceptors (Lipinski definition) is 4. The van der Waals surface area contributed by atoms with Crippen LogP contribution in [-0.4, -0.2) is 33.5 Å². The second-order valence-electron chi connectivity index (χ2n) is 6.47. The standard InChI is InChI=1S/C16H24N2O3S/c1-16(2,3)21-15(19)18-14-6-4-5-13(11-14)17-12-7-9-22(20)10-8-12/h4-6,11-12,17H,7-10H2,1-3H3,(H,18,19). The molecule has 2 N–H and O–H groups in total. The quantitative estimate of drug-likeness (QED) is 0.894. The highest BCUT2D eigenvalue weighted by Gasteiger charge is 2.18. The van der Waals surface area contributed by atoms with Gasteiger partial charge in [0.05, 0.1) is 0 Å². The van der Waals surface area contributed by atoms with Crippen molar-refractivity contribution < 1.29 is 13.7 Å². The van der Waals surface area contributed by atoms with Crippen LogP contribution in [0.3, 0.4) is 0 Å². The largest absolute Gasteiger partial charge is 0.444 e. The number of nitrogens with one attached hydrogen (secondary N) is 2. The number of benzene rings is 1. The monoisotopic (exact) mass is 324 g/mol. The van der Waals surface area contributed by atoms with Crippen LogP contribution < -0.4 is 10.6 Å². The summed E-state index contributed by atoms with van der Waals surface area (Å²) < 4.78 is 16.6. The molecule has 0 saturated carbocycles. The molecule has 1 heterocycles. The molecule has 1 aromatic rings. The van der Waals surface area contributed by atoms with Crippen molar-refractivity contribution in [3.05, 3.63) is 24.3 Å². The molecule has 1 amide bonds. The maximum Gasteiger partial charge on any atom is 0.412 e. The fourth-order valence-corrected chi connectivity index (χ4v) is 3.58. The zero-order valence-electron chi connectivity index (χ0n) is 13.3. The van der Waals surface area contributed by atoms with E-state index in [1.54, 1.807) is 0 Å². The van der Waals surface area contributed by atoms with E-state index < -0.39 is 22.5 Å². The van der Waals surface area contributed by atoms with E-state index in [4.69, 9.17) is 4.74 Å². The van der Waals surface area contributed by atoms with Gasteiger partial charge in [0, 0.05) is 39.7 Å². The normalized spacial score (nSPS) is 22.0. The number of rotatable bonds is 3. The molecule has 22 heavy (non-hydrogen) atoms. The number of ether oxygens (including phenoxy) is 1. The number of carbonyl (C=O) groups excluding carboxylic acids is 1. The molecule has 6 heteroatoms. The Morgan fingerprint density at radius 3 is 2.50 bits per heavy atom. The van der Waals surface area contributed by atoms with Crippen LogP contribution in [0.1, 0.15) is 33.6 Å². The zero-order chi connectivity index (χ0) is 16.2. The van der Waals surface area contributed by atoms with Crippen molar-refractivity contribution in [2.24, 2.45) is 0 Å². The fraction of sp³-hybridized carbons (Fsp3) is 0.562. The fourth-order valence-electron chi connectivity index (χ4n) is 2.28.